The molecule has 0 saturated heterocycles. The number of rotatable bonds is 6. The molecule has 0 aliphatic carbocycles. The van der Waals surface area contributed by atoms with Crippen LogP contribution in [0.2, 0.25) is 0 Å². The molecule has 28 heavy (non-hydrogen) atoms. The van der Waals surface area contributed by atoms with Gasteiger partial charge in [-0.2, -0.15) is 0 Å². The van der Waals surface area contributed by atoms with E-state index in [-0.39, 0.29) is 21.4 Å². The molecule has 146 valence electrons. The summed E-state index contributed by atoms with van der Waals surface area (Å²) in [6.45, 7) is 3.65. The molecule has 0 spiro atoms. The molecule has 0 amide bonds. The summed E-state index contributed by atoms with van der Waals surface area (Å²) in [5.74, 6) is -0.0465. The maximum absolute atomic E-state index is 12.4. The predicted molar refractivity (Wildman–Crippen MR) is 106 cm³/mol. The van der Waals surface area contributed by atoms with Gasteiger partial charge in [0.15, 0.2) is 0 Å². The van der Waals surface area contributed by atoms with Gasteiger partial charge >= 0.3 is 0 Å². The highest BCUT2D eigenvalue weighted by Gasteiger charge is 2.17. The lowest BCUT2D eigenvalue weighted by molar-refractivity contribution is 0.599. The Morgan fingerprint density at radius 3 is 1.64 bits per heavy atom. The van der Waals surface area contributed by atoms with Gasteiger partial charge in [0.1, 0.15) is 0 Å². The summed E-state index contributed by atoms with van der Waals surface area (Å²) in [5, 5.41) is 0. The van der Waals surface area contributed by atoms with Crippen molar-refractivity contribution < 1.29 is 16.8 Å². The summed E-state index contributed by atoms with van der Waals surface area (Å²) in [5.41, 5.74) is 1.98. The smallest absolute Gasteiger partial charge is 0.264 e. The van der Waals surface area contributed by atoms with E-state index in [2.05, 4.69) is 19.4 Å². The van der Waals surface area contributed by atoms with Gasteiger partial charge in [0.05, 0.1) is 9.79 Å². The molecule has 1 heterocycles. The Kier molecular flexibility index (Phi) is 5.34. The molecule has 0 bridgehead atoms. The molecule has 0 aliphatic rings. The Bertz CT molecular complexity index is 1170. The van der Waals surface area contributed by atoms with Crippen LogP contribution in [0.5, 0.6) is 0 Å². The SMILES string of the molecule is Cc1ccc(S(=O)(=O)Nc2ccc(S(=O)(=O)Nc3ncc(C)cn3)cc2)cc1. The first kappa shape index (κ1) is 19.8. The Balaban J connectivity index is 1.77. The second kappa shape index (κ2) is 7.56. The average Bonchev–Trinajstić information content (AvgIpc) is 2.64. The molecular formula is C18H18N4O4S2. The first-order valence-corrected chi connectivity index (χ1v) is 11.1. The van der Waals surface area contributed by atoms with E-state index in [9.17, 15) is 16.8 Å². The topological polar surface area (TPSA) is 118 Å². The van der Waals surface area contributed by atoms with Crippen LogP contribution in [0.25, 0.3) is 0 Å². The zero-order valence-electron chi connectivity index (χ0n) is 15.1. The zero-order chi connectivity index (χ0) is 20.4. The van der Waals surface area contributed by atoms with Crippen molar-refractivity contribution in [1.82, 2.24) is 9.97 Å². The van der Waals surface area contributed by atoms with Crippen LogP contribution in [0.1, 0.15) is 11.1 Å². The van der Waals surface area contributed by atoms with Crippen molar-refractivity contribution in [1.29, 1.82) is 0 Å². The van der Waals surface area contributed by atoms with Crippen molar-refractivity contribution in [2.45, 2.75) is 23.6 Å². The molecule has 0 saturated carbocycles. The third-order valence-electron chi connectivity index (χ3n) is 3.75. The fourth-order valence-electron chi connectivity index (χ4n) is 2.26. The Morgan fingerprint density at radius 2 is 1.11 bits per heavy atom. The summed E-state index contributed by atoms with van der Waals surface area (Å²) in [6.07, 6.45) is 2.99. The molecule has 0 fully saturated rings. The Hall–Kier alpha value is -2.98. The molecular weight excluding hydrogens is 400 g/mol. The summed E-state index contributed by atoms with van der Waals surface area (Å²) in [6, 6.07) is 11.7. The fourth-order valence-corrected chi connectivity index (χ4v) is 4.27. The third-order valence-corrected chi connectivity index (χ3v) is 6.50. The molecule has 2 N–H and O–H groups in total. The molecule has 3 aromatic rings. The van der Waals surface area contributed by atoms with Crippen LogP contribution >= 0.6 is 0 Å². The van der Waals surface area contributed by atoms with Crippen molar-refractivity contribution in [2.75, 3.05) is 9.44 Å². The Labute approximate surface area is 163 Å². The molecule has 3 rings (SSSR count). The second-order valence-corrected chi connectivity index (χ2v) is 9.50. The summed E-state index contributed by atoms with van der Waals surface area (Å²) in [4.78, 5) is 7.88. The number of nitrogens with one attached hydrogen (secondary N) is 2. The van der Waals surface area contributed by atoms with E-state index in [1.54, 1.807) is 19.1 Å². The molecule has 8 nitrogen and oxygen atoms in total. The minimum Gasteiger partial charge on any atom is -0.280 e. The van der Waals surface area contributed by atoms with E-state index in [0.29, 0.717) is 0 Å². The average molecular weight is 419 g/mol. The number of benzene rings is 2. The van der Waals surface area contributed by atoms with Gasteiger partial charge < -0.3 is 0 Å². The molecule has 0 aliphatic heterocycles. The van der Waals surface area contributed by atoms with Gasteiger partial charge in [-0.3, -0.25) is 4.72 Å². The van der Waals surface area contributed by atoms with Gasteiger partial charge in [-0.05, 0) is 55.8 Å². The first-order valence-electron chi connectivity index (χ1n) is 8.17. The lowest BCUT2D eigenvalue weighted by Crippen LogP contribution is -2.16. The number of hydrogen-bond donors (Lipinski definition) is 2. The maximum Gasteiger partial charge on any atom is 0.264 e. The van der Waals surface area contributed by atoms with Gasteiger partial charge in [0.25, 0.3) is 20.0 Å². The number of anilines is 2. The lowest BCUT2D eigenvalue weighted by Gasteiger charge is -2.10. The highest BCUT2D eigenvalue weighted by atomic mass is 32.2. The number of nitrogens with zero attached hydrogens (tertiary/aromatic N) is 2. The van der Waals surface area contributed by atoms with Crippen LogP contribution in [-0.4, -0.2) is 26.8 Å². The van der Waals surface area contributed by atoms with Crippen LogP contribution in [0.4, 0.5) is 11.6 Å². The van der Waals surface area contributed by atoms with Gasteiger partial charge in [-0.15, -0.1) is 0 Å². The summed E-state index contributed by atoms with van der Waals surface area (Å²) < 4.78 is 54.3. The van der Waals surface area contributed by atoms with Crippen LogP contribution in [0, 0.1) is 13.8 Å². The Morgan fingerprint density at radius 1 is 0.643 bits per heavy atom. The molecule has 0 atom stereocenters. The number of sulfonamides is 2. The van der Waals surface area contributed by atoms with Crippen LogP contribution < -0.4 is 9.44 Å². The van der Waals surface area contributed by atoms with Gasteiger partial charge in [0, 0.05) is 18.1 Å². The first-order chi connectivity index (χ1) is 13.2. The predicted octanol–water partition coefficient (Wildman–Crippen LogP) is 2.70. The summed E-state index contributed by atoms with van der Waals surface area (Å²) in [7, 11) is -7.66. The van der Waals surface area contributed by atoms with Crippen LogP contribution in [-0.2, 0) is 20.0 Å². The monoisotopic (exact) mass is 418 g/mol. The van der Waals surface area contributed by atoms with Gasteiger partial charge in [-0.1, -0.05) is 17.7 Å². The quantitative estimate of drug-likeness (QED) is 0.635. The van der Waals surface area contributed by atoms with E-state index in [1.165, 1.54) is 48.8 Å². The van der Waals surface area contributed by atoms with E-state index in [0.717, 1.165) is 11.1 Å². The third kappa shape index (κ3) is 4.65. The van der Waals surface area contributed by atoms with Crippen LogP contribution in [0.15, 0.2) is 70.7 Å². The molecule has 0 unspecified atom stereocenters. The van der Waals surface area contributed by atoms with E-state index >= 15 is 0 Å². The normalized spacial score (nSPS) is 11.8. The molecule has 1 aromatic heterocycles. The van der Waals surface area contributed by atoms with Crippen molar-refractivity contribution in [3.63, 3.8) is 0 Å². The van der Waals surface area contributed by atoms with Gasteiger partial charge in [-0.25, -0.2) is 31.5 Å². The minimum atomic E-state index is -3.90. The van der Waals surface area contributed by atoms with Crippen molar-refractivity contribution >= 4 is 31.7 Å². The summed E-state index contributed by atoms with van der Waals surface area (Å²) >= 11 is 0. The molecule has 2 aromatic carbocycles. The largest absolute Gasteiger partial charge is 0.280 e. The highest BCUT2D eigenvalue weighted by molar-refractivity contribution is 7.93. The van der Waals surface area contributed by atoms with Crippen LogP contribution in [0.3, 0.4) is 0 Å². The zero-order valence-corrected chi connectivity index (χ0v) is 16.8. The van der Waals surface area contributed by atoms with Crippen molar-refractivity contribution in [3.8, 4) is 0 Å². The van der Waals surface area contributed by atoms with Crippen molar-refractivity contribution in [3.05, 3.63) is 72.1 Å². The van der Waals surface area contributed by atoms with E-state index < -0.39 is 20.0 Å². The minimum absolute atomic E-state index is 0.0463. The van der Waals surface area contributed by atoms with E-state index in [1.807, 2.05) is 6.92 Å². The fraction of sp³-hybridized carbons (Fsp3) is 0.111. The van der Waals surface area contributed by atoms with Gasteiger partial charge in [0.2, 0.25) is 5.95 Å². The number of aryl methyl sites for hydroxylation is 2. The lowest BCUT2D eigenvalue weighted by atomic mass is 10.2. The standard InChI is InChI=1S/C18H18N4O4S2/c1-13-3-7-16(8-4-13)27(23,24)21-15-5-9-17(10-6-15)28(25,26)22-18-19-11-14(2)12-20-18/h3-12,21H,1-2H3,(H,19,20,22). The van der Waals surface area contributed by atoms with E-state index in [4.69, 9.17) is 0 Å². The molecule has 0 radical (unpaired) electrons. The molecule has 10 heteroatoms. The maximum atomic E-state index is 12.4. The highest BCUT2D eigenvalue weighted by Crippen LogP contribution is 2.20. The number of aromatic nitrogens is 2. The second-order valence-electron chi connectivity index (χ2n) is 6.13. The number of hydrogen-bond acceptors (Lipinski definition) is 6. The van der Waals surface area contributed by atoms with Crippen molar-refractivity contribution in [2.24, 2.45) is 0 Å².